The van der Waals surface area contributed by atoms with Gasteiger partial charge >= 0.3 is 0 Å². The third-order valence-corrected chi connectivity index (χ3v) is 5.73. The zero-order valence-electron chi connectivity index (χ0n) is 18.9. The number of amides is 1. The summed E-state index contributed by atoms with van der Waals surface area (Å²) in [7, 11) is 0. The van der Waals surface area contributed by atoms with Crippen LogP contribution < -0.4 is 9.47 Å². The molecule has 6 heteroatoms. The van der Waals surface area contributed by atoms with Crippen LogP contribution >= 0.6 is 0 Å². The van der Waals surface area contributed by atoms with E-state index in [1.54, 1.807) is 6.07 Å². The van der Waals surface area contributed by atoms with Crippen LogP contribution in [-0.4, -0.2) is 48.5 Å². The van der Waals surface area contributed by atoms with E-state index in [9.17, 15) is 9.18 Å². The summed E-state index contributed by atoms with van der Waals surface area (Å²) in [5, 5.41) is 0. The molecule has 172 valence electrons. The van der Waals surface area contributed by atoms with Crippen LogP contribution in [0.5, 0.6) is 11.5 Å². The maximum absolute atomic E-state index is 13.9. The number of ether oxygens (including phenoxy) is 2. The number of carbonyl (C=O) groups is 1. The summed E-state index contributed by atoms with van der Waals surface area (Å²) in [5.41, 5.74) is 2.29. The number of hydrogen-bond acceptors (Lipinski definition) is 4. The zero-order chi connectivity index (χ0) is 23.0. The molecule has 3 aromatic rings. The second kappa shape index (κ2) is 11.0. The van der Waals surface area contributed by atoms with Crippen molar-refractivity contribution < 1.29 is 18.7 Å². The molecule has 1 aliphatic rings. The van der Waals surface area contributed by atoms with Crippen LogP contribution in [0.2, 0.25) is 0 Å². The molecule has 33 heavy (non-hydrogen) atoms. The van der Waals surface area contributed by atoms with Gasteiger partial charge in [0.05, 0.1) is 6.61 Å². The van der Waals surface area contributed by atoms with E-state index in [0.717, 1.165) is 30.2 Å². The highest BCUT2D eigenvalue weighted by Gasteiger charge is 2.22. The quantitative estimate of drug-likeness (QED) is 0.498. The Morgan fingerprint density at radius 1 is 0.879 bits per heavy atom. The topological polar surface area (TPSA) is 42.0 Å². The van der Waals surface area contributed by atoms with Crippen molar-refractivity contribution in [1.82, 2.24) is 9.80 Å². The predicted molar refractivity (Wildman–Crippen MR) is 126 cm³/mol. The molecular weight excluding hydrogens is 419 g/mol. The van der Waals surface area contributed by atoms with E-state index in [4.69, 9.17) is 9.47 Å². The Labute approximate surface area is 194 Å². The van der Waals surface area contributed by atoms with Crippen molar-refractivity contribution in [2.24, 2.45) is 0 Å². The number of carbonyl (C=O) groups excluding carboxylic acids is 1. The van der Waals surface area contributed by atoms with Crippen LogP contribution in [0.4, 0.5) is 4.39 Å². The molecule has 0 atom stereocenters. The van der Waals surface area contributed by atoms with E-state index in [2.05, 4.69) is 4.90 Å². The van der Waals surface area contributed by atoms with Gasteiger partial charge in [-0.1, -0.05) is 30.3 Å². The van der Waals surface area contributed by atoms with Crippen LogP contribution in [0.3, 0.4) is 0 Å². The average molecular weight is 449 g/mol. The summed E-state index contributed by atoms with van der Waals surface area (Å²) in [6.07, 6.45) is 0. The first-order valence-electron chi connectivity index (χ1n) is 11.3. The molecule has 1 heterocycles. The zero-order valence-corrected chi connectivity index (χ0v) is 18.9. The van der Waals surface area contributed by atoms with Crippen LogP contribution in [0.25, 0.3) is 0 Å². The van der Waals surface area contributed by atoms with Crippen molar-refractivity contribution >= 4 is 5.91 Å². The smallest absolute Gasteiger partial charge is 0.253 e. The Bertz CT molecular complexity index is 1060. The summed E-state index contributed by atoms with van der Waals surface area (Å²) in [5.74, 6) is 1.40. The number of piperazine rings is 1. The largest absolute Gasteiger partial charge is 0.494 e. The lowest BCUT2D eigenvalue weighted by atomic mass is 10.1. The van der Waals surface area contributed by atoms with Gasteiger partial charge in [0.25, 0.3) is 5.91 Å². The molecule has 1 fully saturated rings. The standard InChI is InChI=1S/C27H29FN2O3/c1-2-32-24-10-12-25(13-11-24)33-20-21-6-5-8-22(18-21)27(31)30-16-14-29(15-17-30)19-23-7-3-4-9-26(23)28/h3-13,18H,2,14-17,19-20H2,1H3. The molecule has 0 unspecified atom stereocenters. The SMILES string of the molecule is CCOc1ccc(OCc2cccc(C(=O)N3CCN(Cc4ccccc4F)CC3)c2)cc1. The number of nitrogens with zero attached hydrogens (tertiary/aromatic N) is 2. The summed E-state index contributed by atoms with van der Waals surface area (Å²) in [4.78, 5) is 17.1. The third kappa shape index (κ3) is 6.11. The third-order valence-electron chi connectivity index (χ3n) is 5.73. The van der Waals surface area contributed by atoms with E-state index in [1.165, 1.54) is 6.07 Å². The van der Waals surface area contributed by atoms with Crippen molar-refractivity contribution in [3.63, 3.8) is 0 Å². The van der Waals surface area contributed by atoms with E-state index in [-0.39, 0.29) is 11.7 Å². The Hall–Kier alpha value is -3.38. The molecule has 0 bridgehead atoms. The minimum absolute atomic E-state index is 0.0171. The van der Waals surface area contributed by atoms with Gasteiger partial charge in [-0.05, 0) is 55.0 Å². The van der Waals surface area contributed by atoms with Gasteiger partial charge in [-0.15, -0.1) is 0 Å². The van der Waals surface area contributed by atoms with Gasteiger partial charge in [0.2, 0.25) is 0 Å². The van der Waals surface area contributed by atoms with Gasteiger partial charge < -0.3 is 14.4 Å². The van der Waals surface area contributed by atoms with Crippen LogP contribution in [-0.2, 0) is 13.2 Å². The minimum Gasteiger partial charge on any atom is -0.494 e. The molecule has 1 aliphatic heterocycles. The maximum atomic E-state index is 13.9. The van der Waals surface area contributed by atoms with Gasteiger partial charge in [0.1, 0.15) is 23.9 Å². The fraction of sp³-hybridized carbons (Fsp3) is 0.296. The van der Waals surface area contributed by atoms with E-state index >= 15 is 0 Å². The maximum Gasteiger partial charge on any atom is 0.253 e. The Morgan fingerprint density at radius 2 is 1.58 bits per heavy atom. The van der Waals surface area contributed by atoms with Crippen molar-refractivity contribution in [3.8, 4) is 11.5 Å². The number of halogens is 1. The lowest BCUT2D eigenvalue weighted by molar-refractivity contribution is 0.0627. The highest BCUT2D eigenvalue weighted by Crippen LogP contribution is 2.19. The summed E-state index contributed by atoms with van der Waals surface area (Å²) in [6, 6.07) is 21.9. The second-order valence-electron chi connectivity index (χ2n) is 8.05. The van der Waals surface area contributed by atoms with Gasteiger partial charge in [-0.3, -0.25) is 9.69 Å². The Kier molecular flexibility index (Phi) is 7.58. The molecule has 0 radical (unpaired) electrons. The molecule has 4 rings (SSSR count). The lowest BCUT2D eigenvalue weighted by Gasteiger charge is -2.35. The molecule has 0 saturated carbocycles. The lowest BCUT2D eigenvalue weighted by Crippen LogP contribution is -2.48. The van der Waals surface area contributed by atoms with E-state index in [1.807, 2.05) is 72.5 Å². The fourth-order valence-electron chi connectivity index (χ4n) is 3.92. The van der Waals surface area contributed by atoms with Crippen molar-refractivity contribution in [2.75, 3.05) is 32.8 Å². The summed E-state index contributed by atoms with van der Waals surface area (Å²) >= 11 is 0. The monoisotopic (exact) mass is 448 g/mol. The van der Waals surface area contributed by atoms with Crippen LogP contribution in [0.15, 0.2) is 72.8 Å². The fourth-order valence-corrected chi connectivity index (χ4v) is 3.92. The molecule has 1 amide bonds. The highest BCUT2D eigenvalue weighted by molar-refractivity contribution is 5.94. The average Bonchev–Trinajstić information content (AvgIpc) is 2.85. The van der Waals surface area contributed by atoms with Crippen molar-refractivity contribution in [3.05, 3.63) is 95.3 Å². The summed E-state index contributed by atoms with van der Waals surface area (Å²) < 4.78 is 25.2. The van der Waals surface area contributed by atoms with Gasteiger partial charge in [-0.2, -0.15) is 0 Å². The number of benzene rings is 3. The molecule has 3 aromatic carbocycles. The second-order valence-corrected chi connectivity index (χ2v) is 8.05. The van der Waals surface area contributed by atoms with Gasteiger partial charge in [0.15, 0.2) is 0 Å². The Morgan fingerprint density at radius 3 is 2.27 bits per heavy atom. The van der Waals surface area contributed by atoms with Crippen LogP contribution in [0.1, 0.15) is 28.4 Å². The molecular formula is C27H29FN2O3. The first-order valence-corrected chi connectivity index (χ1v) is 11.3. The van der Waals surface area contributed by atoms with Gasteiger partial charge in [-0.25, -0.2) is 4.39 Å². The first kappa shape index (κ1) is 22.8. The number of hydrogen-bond donors (Lipinski definition) is 0. The van der Waals surface area contributed by atoms with Crippen LogP contribution in [0, 0.1) is 5.82 Å². The molecule has 0 aliphatic carbocycles. The highest BCUT2D eigenvalue weighted by atomic mass is 19.1. The number of rotatable bonds is 8. The molecule has 1 saturated heterocycles. The summed E-state index contributed by atoms with van der Waals surface area (Å²) in [6.45, 7) is 6.21. The Balaban J connectivity index is 1.30. The van der Waals surface area contributed by atoms with E-state index < -0.39 is 0 Å². The molecule has 5 nitrogen and oxygen atoms in total. The predicted octanol–water partition coefficient (Wildman–Crippen LogP) is 4.76. The van der Waals surface area contributed by atoms with Gasteiger partial charge in [0, 0.05) is 43.9 Å². The first-order chi connectivity index (χ1) is 16.1. The molecule has 0 N–H and O–H groups in total. The molecule has 0 aromatic heterocycles. The van der Waals surface area contributed by atoms with Crippen molar-refractivity contribution in [2.45, 2.75) is 20.1 Å². The normalized spacial score (nSPS) is 14.2. The van der Waals surface area contributed by atoms with Crippen molar-refractivity contribution in [1.29, 1.82) is 0 Å². The van der Waals surface area contributed by atoms with E-state index in [0.29, 0.717) is 44.0 Å². The molecule has 0 spiro atoms. The minimum atomic E-state index is -0.180.